The molecule has 1 heterocycles. The van der Waals surface area contributed by atoms with Crippen LogP contribution in [0.3, 0.4) is 0 Å². The molecule has 31 heavy (non-hydrogen) atoms. The smallest absolute Gasteiger partial charge is 0.309 e. The quantitative estimate of drug-likeness (QED) is 0.616. The summed E-state index contributed by atoms with van der Waals surface area (Å²) in [5, 5.41) is 5.78. The summed E-state index contributed by atoms with van der Waals surface area (Å²) in [5.41, 5.74) is 1.97. The molecule has 0 aromatic heterocycles. The van der Waals surface area contributed by atoms with Crippen LogP contribution in [0, 0.1) is 6.92 Å². The first-order valence-corrected chi connectivity index (χ1v) is 12.0. The first-order valence-electron chi connectivity index (χ1n) is 10.2. The molecule has 0 aliphatic carbocycles. The fourth-order valence-electron chi connectivity index (χ4n) is 3.52. The summed E-state index contributed by atoms with van der Waals surface area (Å²) < 4.78 is 27.3. The van der Waals surface area contributed by atoms with E-state index in [0.29, 0.717) is 37.4 Å². The predicted octanol–water partition coefficient (Wildman–Crippen LogP) is 2.28. The number of nitrogens with zero attached hydrogens (tertiary/aromatic N) is 1. The number of amides is 2. The molecule has 1 aliphatic rings. The molecular weight excluding hydrogens is 438 g/mol. The number of hydrogen-bond acceptors (Lipinski definition) is 4. The molecule has 2 amide bonds. The van der Waals surface area contributed by atoms with Gasteiger partial charge in [0, 0.05) is 30.7 Å². The van der Waals surface area contributed by atoms with Crippen molar-refractivity contribution in [2.75, 3.05) is 19.6 Å². The lowest BCUT2D eigenvalue weighted by atomic mass is 10.1. The Hall–Kier alpha value is -2.42. The zero-order chi connectivity index (χ0) is 22.4. The minimum atomic E-state index is -3.65. The maximum absolute atomic E-state index is 13.0. The molecule has 9 heteroatoms. The molecule has 0 bridgehead atoms. The first kappa shape index (κ1) is 23.2. The van der Waals surface area contributed by atoms with Crippen LogP contribution in [0.1, 0.15) is 24.0 Å². The van der Waals surface area contributed by atoms with E-state index in [1.807, 2.05) is 19.1 Å². The fourth-order valence-corrected chi connectivity index (χ4v) is 5.34. The molecule has 1 fully saturated rings. The van der Waals surface area contributed by atoms with E-state index in [2.05, 4.69) is 10.6 Å². The maximum Gasteiger partial charge on any atom is 0.309 e. The van der Waals surface area contributed by atoms with Gasteiger partial charge in [0.15, 0.2) is 0 Å². The van der Waals surface area contributed by atoms with Crippen LogP contribution >= 0.6 is 11.6 Å². The van der Waals surface area contributed by atoms with Gasteiger partial charge in [-0.05, 0) is 56.0 Å². The molecule has 1 saturated heterocycles. The van der Waals surface area contributed by atoms with E-state index in [-0.39, 0.29) is 17.5 Å². The van der Waals surface area contributed by atoms with Crippen LogP contribution in [0.4, 0.5) is 0 Å². The van der Waals surface area contributed by atoms with Crippen LogP contribution in [-0.2, 0) is 26.0 Å². The normalized spacial score (nSPS) is 16.8. The summed E-state index contributed by atoms with van der Waals surface area (Å²) >= 11 is 5.84. The highest BCUT2D eigenvalue weighted by Gasteiger charge is 2.35. The van der Waals surface area contributed by atoms with E-state index >= 15 is 0 Å². The number of rotatable bonds is 7. The van der Waals surface area contributed by atoms with E-state index in [0.717, 1.165) is 11.1 Å². The zero-order valence-corrected chi connectivity index (χ0v) is 18.9. The average molecular weight is 464 g/mol. The highest BCUT2D eigenvalue weighted by molar-refractivity contribution is 7.89. The molecule has 3 rings (SSSR count). The van der Waals surface area contributed by atoms with Crippen LogP contribution in [0.25, 0.3) is 0 Å². The van der Waals surface area contributed by atoms with E-state index in [4.69, 9.17) is 11.6 Å². The van der Waals surface area contributed by atoms with Crippen molar-refractivity contribution < 1.29 is 18.0 Å². The Morgan fingerprint density at radius 3 is 2.35 bits per heavy atom. The number of nitrogens with one attached hydrogen (secondary N) is 2. The van der Waals surface area contributed by atoms with Crippen LogP contribution in [0.2, 0.25) is 5.02 Å². The van der Waals surface area contributed by atoms with E-state index < -0.39 is 21.8 Å². The predicted molar refractivity (Wildman–Crippen MR) is 119 cm³/mol. The van der Waals surface area contributed by atoms with Gasteiger partial charge in [-0.3, -0.25) is 9.59 Å². The van der Waals surface area contributed by atoms with Gasteiger partial charge in [-0.25, -0.2) is 8.42 Å². The summed E-state index contributed by atoms with van der Waals surface area (Å²) in [6, 6.07) is 13.6. The summed E-state index contributed by atoms with van der Waals surface area (Å²) in [6.45, 7) is 2.69. The number of sulfonamides is 1. The topological polar surface area (TPSA) is 95.6 Å². The zero-order valence-electron chi connectivity index (χ0n) is 17.3. The second-order valence-electron chi connectivity index (χ2n) is 7.57. The number of hydrogen-bond donors (Lipinski definition) is 2. The Bertz CT molecular complexity index is 1020. The molecule has 2 N–H and O–H groups in total. The minimum absolute atomic E-state index is 0.0918. The van der Waals surface area contributed by atoms with Gasteiger partial charge < -0.3 is 10.6 Å². The molecule has 0 unspecified atom stereocenters. The van der Waals surface area contributed by atoms with Gasteiger partial charge in [0.1, 0.15) is 0 Å². The summed E-state index contributed by atoms with van der Waals surface area (Å²) in [6.07, 6.45) is 1.91. The number of carbonyl (C=O) groups is 2. The molecule has 2 aromatic carbocycles. The van der Waals surface area contributed by atoms with Crippen molar-refractivity contribution in [3.8, 4) is 0 Å². The van der Waals surface area contributed by atoms with Gasteiger partial charge in [-0.2, -0.15) is 4.31 Å². The molecule has 0 radical (unpaired) electrons. The van der Waals surface area contributed by atoms with E-state index in [1.54, 1.807) is 36.4 Å². The SMILES string of the molecule is Cc1ccc(S(=O)(=O)N2CCC[C@H]2CNC(=O)C(=O)NCCc2ccc(Cl)cc2)cc1. The van der Waals surface area contributed by atoms with E-state index in [9.17, 15) is 18.0 Å². The van der Waals surface area contributed by atoms with Crippen molar-refractivity contribution in [2.24, 2.45) is 0 Å². The lowest BCUT2D eigenvalue weighted by molar-refractivity contribution is -0.139. The van der Waals surface area contributed by atoms with Gasteiger partial charge in [0.05, 0.1) is 4.90 Å². The summed E-state index contributed by atoms with van der Waals surface area (Å²) in [5.74, 6) is -1.50. The van der Waals surface area contributed by atoms with Crippen LogP contribution < -0.4 is 10.6 Å². The highest BCUT2D eigenvalue weighted by atomic mass is 35.5. The molecule has 1 atom stereocenters. The molecule has 0 saturated carbocycles. The van der Waals surface area contributed by atoms with Crippen molar-refractivity contribution in [1.82, 2.24) is 14.9 Å². The maximum atomic E-state index is 13.0. The molecular formula is C22H26ClN3O4S. The van der Waals surface area contributed by atoms with Crippen molar-refractivity contribution >= 4 is 33.4 Å². The lowest BCUT2D eigenvalue weighted by Gasteiger charge is -2.24. The van der Waals surface area contributed by atoms with Gasteiger partial charge in [-0.1, -0.05) is 41.4 Å². The van der Waals surface area contributed by atoms with Crippen LogP contribution in [0.15, 0.2) is 53.4 Å². The molecule has 7 nitrogen and oxygen atoms in total. The summed E-state index contributed by atoms with van der Waals surface area (Å²) in [7, 11) is -3.65. The summed E-state index contributed by atoms with van der Waals surface area (Å²) in [4.78, 5) is 24.4. The number of aryl methyl sites for hydroxylation is 1. The number of carbonyl (C=O) groups excluding carboxylic acids is 2. The largest absolute Gasteiger partial charge is 0.348 e. The van der Waals surface area contributed by atoms with E-state index in [1.165, 1.54) is 4.31 Å². The third-order valence-corrected chi connectivity index (χ3v) is 7.49. The third kappa shape index (κ3) is 6.06. The first-order chi connectivity index (χ1) is 14.8. The average Bonchev–Trinajstić information content (AvgIpc) is 3.23. The Kier molecular flexibility index (Phi) is 7.69. The number of halogens is 1. The van der Waals surface area contributed by atoms with Crippen molar-refractivity contribution in [3.05, 3.63) is 64.7 Å². The fraction of sp³-hybridized carbons (Fsp3) is 0.364. The highest BCUT2D eigenvalue weighted by Crippen LogP contribution is 2.25. The van der Waals surface area contributed by atoms with Crippen LogP contribution in [0.5, 0.6) is 0 Å². The standard InChI is InChI=1S/C22H26ClN3O4S/c1-16-4-10-20(11-5-16)31(29,30)26-14-2-3-19(26)15-25-22(28)21(27)24-13-12-17-6-8-18(23)9-7-17/h4-11,19H,2-3,12-15H2,1H3,(H,24,27)(H,25,28)/t19-/m0/s1. The third-order valence-electron chi connectivity index (χ3n) is 5.27. The Balaban J connectivity index is 1.49. The van der Waals surface area contributed by atoms with Gasteiger partial charge in [-0.15, -0.1) is 0 Å². The molecule has 2 aromatic rings. The molecule has 0 spiro atoms. The Morgan fingerprint density at radius 2 is 1.68 bits per heavy atom. The van der Waals surface area contributed by atoms with Crippen molar-refractivity contribution in [1.29, 1.82) is 0 Å². The minimum Gasteiger partial charge on any atom is -0.348 e. The van der Waals surface area contributed by atoms with Crippen LogP contribution in [-0.4, -0.2) is 50.2 Å². The van der Waals surface area contributed by atoms with Gasteiger partial charge in [0.2, 0.25) is 10.0 Å². The lowest BCUT2D eigenvalue weighted by Crippen LogP contribution is -2.47. The second-order valence-corrected chi connectivity index (χ2v) is 9.89. The Labute approximate surface area is 187 Å². The van der Waals surface area contributed by atoms with Crippen molar-refractivity contribution in [2.45, 2.75) is 37.1 Å². The van der Waals surface area contributed by atoms with Gasteiger partial charge in [0.25, 0.3) is 0 Å². The van der Waals surface area contributed by atoms with Gasteiger partial charge >= 0.3 is 11.8 Å². The monoisotopic (exact) mass is 463 g/mol. The second kappa shape index (κ2) is 10.3. The molecule has 166 valence electrons. The molecule has 1 aliphatic heterocycles. The van der Waals surface area contributed by atoms with Crippen molar-refractivity contribution in [3.63, 3.8) is 0 Å². The number of benzene rings is 2. The Morgan fingerprint density at radius 1 is 1.03 bits per heavy atom.